The van der Waals surface area contributed by atoms with Crippen molar-refractivity contribution in [2.24, 2.45) is 0 Å². The standard InChI is InChI=1S/C14H17NO3/c1-9(10(2)14(17)18)13(16)15-11(3)12-7-5-4-6-8-12/h4-8,11H,1-3H3,(H,15,16)(H,17,18)/t11-/m1/s1. The first-order valence-corrected chi connectivity index (χ1v) is 5.70. The second-order valence-electron chi connectivity index (χ2n) is 4.16. The van der Waals surface area contributed by atoms with Gasteiger partial charge in [-0.1, -0.05) is 30.3 Å². The Hall–Kier alpha value is -2.10. The van der Waals surface area contributed by atoms with Crippen LogP contribution >= 0.6 is 0 Å². The molecule has 1 aromatic rings. The summed E-state index contributed by atoms with van der Waals surface area (Å²) in [7, 11) is 0. The molecule has 0 aromatic heterocycles. The van der Waals surface area contributed by atoms with Crippen LogP contribution in [0.1, 0.15) is 32.4 Å². The molecule has 4 nitrogen and oxygen atoms in total. The third-order valence-electron chi connectivity index (χ3n) is 2.87. The van der Waals surface area contributed by atoms with Crippen LogP contribution in [0.4, 0.5) is 0 Å². The molecule has 4 heteroatoms. The summed E-state index contributed by atoms with van der Waals surface area (Å²) < 4.78 is 0. The number of carboxylic acids is 1. The van der Waals surface area contributed by atoms with Crippen LogP contribution in [0.3, 0.4) is 0 Å². The summed E-state index contributed by atoms with van der Waals surface area (Å²) in [4.78, 5) is 22.6. The van der Waals surface area contributed by atoms with E-state index in [2.05, 4.69) is 5.32 Å². The lowest BCUT2D eigenvalue weighted by atomic mass is 10.1. The molecule has 0 spiro atoms. The summed E-state index contributed by atoms with van der Waals surface area (Å²) in [6.07, 6.45) is 0. The molecule has 0 radical (unpaired) electrons. The number of hydrogen-bond acceptors (Lipinski definition) is 2. The highest BCUT2D eigenvalue weighted by molar-refractivity contribution is 6.01. The van der Waals surface area contributed by atoms with Gasteiger partial charge in [0.25, 0.3) is 0 Å². The molecular formula is C14H17NO3. The Morgan fingerprint density at radius 1 is 1.11 bits per heavy atom. The Balaban J connectivity index is 2.78. The molecule has 96 valence electrons. The van der Waals surface area contributed by atoms with E-state index in [-0.39, 0.29) is 23.1 Å². The zero-order valence-electron chi connectivity index (χ0n) is 10.7. The molecule has 1 atom stereocenters. The Morgan fingerprint density at radius 2 is 1.67 bits per heavy atom. The summed E-state index contributed by atoms with van der Waals surface area (Å²) >= 11 is 0. The average Bonchev–Trinajstić information content (AvgIpc) is 2.37. The van der Waals surface area contributed by atoms with E-state index in [0.717, 1.165) is 5.56 Å². The molecule has 0 unspecified atom stereocenters. The van der Waals surface area contributed by atoms with Crippen LogP contribution < -0.4 is 5.32 Å². The van der Waals surface area contributed by atoms with Crippen molar-refractivity contribution in [2.75, 3.05) is 0 Å². The van der Waals surface area contributed by atoms with Gasteiger partial charge < -0.3 is 10.4 Å². The highest BCUT2D eigenvalue weighted by Gasteiger charge is 2.15. The first-order valence-electron chi connectivity index (χ1n) is 5.70. The summed E-state index contributed by atoms with van der Waals surface area (Å²) in [6, 6.07) is 9.35. The first-order chi connectivity index (χ1) is 8.43. The number of benzene rings is 1. The average molecular weight is 247 g/mol. The largest absolute Gasteiger partial charge is 0.478 e. The molecule has 0 saturated carbocycles. The summed E-state index contributed by atoms with van der Waals surface area (Å²) in [5.41, 5.74) is 1.27. The van der Waals surface area contributed by atoms with Gasteiger partial charge in [0.05, 0.1) is 6.04 Å². The van der Waals surface area contributed by atoms with E-state index in [4.69, 9.17) is 5.11 Å². The van der Waals surface area contributed by atoms with Gasteiger partial charge in [-0.2, -0.15) is 0 Å². The number of aliphatic carboxylic acids is 1. The molecule has 1 aromatic carbocycles. The van der Waals surface area contributed by atoms with Crippen molar-refractivity contribution in [3.63, 3.8) is 0 Å². The van der Waals surface area contributed by atoms with E-state index in [1.165, 1.54) is 13.8 Å². The smallest absolute Gasteiger partial charge is 0.331 e. The van der Waals surface area contributed by atoms with E-state index in [9.17, 15) is 9.59 Å². The van der Waals surface area contributed by atoms with E-state index in [0.29, 0.717) is 0 Å². The van der Waals surface area contributed by atoms with Crippen molar-refractivity contribution in [3.05, 3.63) is 47.0 Å². The van der Waals surface area contributed by atoms with E-state index in [1.54, 1.807) is 0 Å². The summed E-state index contributed by atoms with van der Waals surface area (Å²) in [5, 5.41) is 11.6. The Labute approximate surface area is 106 Å². The SMILES string of the molecule is CC(C(=O)O)=C(C)C(=O)N[C@H](C)c1ccccc1. The van der Waals surface area contributed by atoms with Gasteiger partial charge in [-0.05, 0) is 26.3 Å². The minimum Gasteiger partial charge on any atom is -0.478 e. The lowest BCUT2D eigenvalue weighted by Gasteiger charge is -2.15. The van der Waals surface area contributed by atoms with Crippen LogP contribution in [-0.4, -0.2) is 17.0 Å². The predicted molar refractivity (Wildman–Crippen MR) is 69.0 cm³/mol. The second-order valence-corrected chi connectivity index (χ2v) is 4.16. The van der Waals surface area contributed by atoms with Gasteiger partial charge in [-0.15, -0.1) is 0 Å². The van der Waals surface area contributed by atoms with Crippen molar-refractivity contribution in [1.29, 1.82) is 0 Å². The molecule has 0 aliphatic carbocycles. The number of nitrogens with one attached hydrogen (secondary N) is 1. The number of rotatable bonds is 4. The number of carbonyl (C=O) groups is 2. The van der Waals surface area contributed by atoms with Crippen molar-refractivity contribution in [1.82, 2.24) is 5.32 Å². The van der Waals surface area contributed by atoms with Crippen molar-refractivity contribution < 1.29 is 14.7 Å². The quantitative estimate of drug-likeness (QED) is 0.802. The fourth-order valence-electron chi connectivity index (χ4n) is 1.46. The summed E-state index contributed by atoms with van der Waals surface area (Å²) in [5.74, 6) is -1.43. The van der Waals surface area contributed by atoms with E-state index >= 15 is 0 Å². The topological polar surface area (TPSA) is 66.4 Å². The van der Waals surface area contributed by atoms with Gasteiger partial charge in [0, 0.05) is 11.1 Å². The zero-order chi connectivity index (χ0) is 13.7. The molecule has 0 aliphatic rings. The fraction of sp³-hybridized carbons (Fsp3) is 0.286. The predicted octanol–water partition coefficient (Wildman–Crippen LogP) is 2.28. The van der Waals surface area contributed by atoms with Crippen LogP contribution in [0, 0.1) is 0 Å². The minimum atomic E-state index is -1.07. The third kappa shape index (κ3) is 3.45. The van der Waals surface area contributed by atoms with Gasteiger partial charge in [0.15, 0.2) is 0 Å². The zero-order valence-corrected chi connectivity index (χ0v) is 10.7. The summed E-state index contributed by atoms with van der Waals surface area (Å²) in [6.45, 7) is 4.79. The lowest BCUT2D eigenvalue weighted by Crippen LogP contribution is -2.28. The number of carboxylic acid groups (broad SMARTS) is 1. The van der Waals surface area contributed by atoms with Crippen molar-refractivity contribution >= 4 is 11.9 Å². The number of hydrogen-bond donors (Lipinski definition) is 2. The molecule has 0 bridgehead atoms. The van der Waals surface area contributed by atoms with Gasteiger partial charge in [0.2, 0.25) is 5.91 Å². The van der Waals surface area contributed by atoms with Crippen molar-refractivity contribution in [2.45, 2.75) is 26.8 Å². The van der Waals surface area contributed by atoms with Crippen molar-refractivity contribution in [3.8, 4) is 0 Å². The minimum absolute atomic E-state index is 0.0627. The fourth-order valence-corrected chi connectivity index (χ4v) is 1.46. The van der Waals surface area contributed by atoms with E-state index in [1.807, 2.05) is 37.3 Å². The molecule has 0 saturated heterocycles. The number of amides is 1. The lowest BCUT2D eigenvalue weighted by molar-refractivity contribution is -0.133. The van der Waals surface area contributed by atoms with E-state index < -0.39 is 5.97 Å². The van der Waals surface area contributed by atoms with Gasteiger partial charge >= 0.3 is 5.97 Å². The van der Waals surface area contributed by atoms with Gasteiger partial charge in [0.1, 0.15) is 0 Å². The molecule has 0 fully saturated rings. The van der Waals surface area contributed by atoms with Crippen LogP contribution in [-0.2, 0) is 9.59 Å². The monoisotopic (exact) mass is 247 g/mol. The Bertz CT molecular complexity index is 477. The molecular weight excluding hydrogens is 230 g/mol. The number of carbonyl (C=O) groups excluding carboxylic acids is 1. The highest BCUT2D eigenvalue weighted by Crippen LogP contribution is 2.13. The highest BCUT2D eigenvalue weighted by atomic mass is 16.4. The van der Waals surface area contributed by atoms with Crippen LogP contribution in [0.2, 0.25) is 0 Å². The molecule has 18 heavy (non-hydrogen) atoms. The molecule has 1 amide bonds. The Morgan fingerprint density at radius 3 is 2.17 bits per heavy atom. The maximum atomic E-state index is 11.8. The van der Waals surface area contributed by atoms with Gasteiger partial charge in [-0.25, -0.2) is 4.79 Å². The molecule has 2 N–H and O–H groups in total. The van der Waals surface area contributed by atoms with Gasteiger partial charge in [-0.3, -0.25) is 4.79 Å². The maximum absolute atomic E-state index is 11.8. The first kappa shape index (κ1) is 14.0. The second kappa shape index (κ2) is 6.00. The van der Waals surface area contributed by atoms with Crippen LogP contribution in [0.5, 0.6) is 0 Å². The molecule has 0 heterocycles. The normalized spacial score (nSPS) is 13.5. The Kier molecular flexibility index (Phi) is 4.66. The maximum Gasteiger partial charge on any atom is 0.331 e. The van der Waals surface area contributed by atoms with Crippen LogP contribution in [0.25, 0.3) is 0 Å². The van der Waals surface area contributed by atoms with Crippen LogP contribution in [0.15, 0.2) is 41.5 Å². The molecule has 1 rings (SSSR count). The molecule has 0 aliphatic heterocycles. The third-order valence-corrected chi connectivity index (χ3v) is 2.87.